The van der Waals surface area contributed by atoms with Crippen molar-refractivity contribution in [3.63, 3.8) is 0 Å². The van der Waals surface area contributed by atoms with Crippen LogP contribution in [-0.4, -0.2) is 4.98 Å². The summed E-state index contributed by atoms with van der Waals surface area (Å²) in [5.74, 6) is 0. The molecule has 18 heavy (non-hydrogen) atoms. The highest BCUT2D eigenvalue weighted by Gasteiger charge is 2.30. The van der Waals surface area contributed by atoms with Gasteiger partial charge in [-0.1, -0.05) is 20.8 Å². The molecule has 0 aliphatic carbocycles. The number of alkyl halides is 3. The van der Waals surface area contributed by atoms with Gasteiger partial charge in [0.05, 0.1) is 20.8 Å². The highest BCUT2D eigenvalue weighted by molar-refractivity contribution is 7.18. The first kappa shape index (κ1) is 13.3. The molecule has 1 heterocycles. The quantitative estimate of drug-likeness (QED) is 0.718. The van der Waals surface area contributed by atoms with Gasteiger partial charge in [-0.3, -0.25) is 0 Å². The molecule has 0 saturated carbocycles. The van der Waals surface area contributed by atoms with Crippen molar-refractivity contribution in [2.45, 2.75) is 26.9 Å². The van der Waals surface area contributed by atoms with Crippen LogP contribution in [-0.2, 0) is 6.18 Å². The maximum absolute atomic E-state index is 12.6. The van der Waals surface area contributed by atoms with E-state index in [4.69, 9.17) is 0 Å². The first-order chi connectivity index (χ1) is 8.15. The second-order valence-electron chi connectivity index (χ2n) is 5.24. The van der Waals surface area contributed by atoms with Gasteiger partial charge < -0.3 is 0 Å². The van der Waals surface area contributed by atoms with Gasteiger partial charge in [0.25, 0.3) is 0 Å². The lowest BCUT2D eigenvalue weighted by Gasteiger charge is -2.14. The normalized spacial score (nSPS) is 13.2. The van der Waals surface area contributed by atoms with E-state index < -0.39 is 11.7 Å². The number of nitrogens with zero attached hydrogens (tertiary/aromatic N) is 1. The van der Waals surface area contributed by atoms with Crippen molar-refractivity contribution in [1.29, 1.82) is 0 Å². The van der Waals surface area contributed by atoms with Gasteiger partial charge in [-0.15, -0.1) is 11.3 Å². The monoisotopic (exact) mass is 272 g/mol. The number of fused-ring (bicyclic) bond motifs is 1. The second-order valence-corrected chi connectivity index (χ2v) is 6.30. The smallest absolute Gasteiger partial charge is 0.241 e. The van der Waals surface area contributed by atoms with Crippen LogP contribution in [0.2, 0.25) is 0 Å². The molecule has 0 spiro atoms. The Kier molecular flexibility index (Phi) is 3.13. The van der Waals surface area contributed by atoms with Crippen LogP contribution in [0.25, 0.3) is 10.2 Å². The molecular formula is C13H13F3NS. The van der Waals surface area contributed by atoms with Crippen molar-refractivity contribution in [1.82, 2.24) is 4.98 Å². The van der Waals surface area contributed by atoms with Crippen molar-refractivity contribution in [2.24, 2.45) is 5.41 Å². The lowest BCUT2D eigenvalue weighted by Crippen LogP contribution is -2.06. The van der Waals surface area contributed by atoms with E-state index in [9.17, 15) is 13.2 Å². The maximum Gasteiger partial charge on any atom is 0.416 e. The van der Waals surface area contributed by atoms with Gasteiger partial charge in [-0.25, -0.2) is 4.98 Å². The molecule has 1 nitrogen and oxygen atoms in total. The van der Waals surface area contributed by atoms with Crippen molar-refractivity contribution >= 4 is 21.6 Å². The van der Waals surface area contributed by atoms with Crippen molar-refractivity contribution in [3.05, 3.63) is 35.2 Å². The van der Waals surface area contributed by atoms with Gasteiger partial charge in [-0.05, 0) is 23.6 Å². The summed E-state index contributed by atoms with van der Waals surface area (Å²) < 4.78 is 38.5. The van der Waals surface area contributed by atoms with Gasteiger partial charge >= 0.3 is 6.18 Å². The fourth-order valence-corrected chi connectivity index (χ4v) is 2.68. The standard InChI is InChI=1S/C13H13F3NS/c1-12(2,3)7-11-17-9-6-8(13(14,15)16)4-5-10(9)18-11/h4-7H,1-3H3. The minimum absolute atomic E-state index is 0.0409. The molecule has 0 N–H and O–H groups in total. The Hall–Kier alpha value is -1.10. The van der Waals surface area contributed by atoms with Crippen molar-refractivity contribution in [2.75, 3.05) is 0 Å². The third-order valence-corrected chi connectivity index (χ3v) is 3.27. The Balaban J connectivity index is 2.40. The second kappa shape index (κ2) is 4.23. The zero-order valence-electron chi connectivity index (χ0n) is 10.3. The number of benzene rings is 1. The summed E-state index contributed by atoms with van der Waals surface area (Å²) in [6.45, 7) is 6.08. The van der Waals surface area contributed by atoms with E-state index in [1.807, 2.05) is 27.2 Å². The van der Waals surface area contributed by atoms with Crippen LogP contribution in [0.3, 0.4) is 0 Å². The summed E-state index contributed by atoms with van der Waals surface area (Å²) in [7, 11) is 0. The van der Waals surface area contributed by atoms with Crippen LogP contribution in [0, 0.1) is 11.8 Å². The molecule has 0 fully saturated rings. The molecule has 1 aromatic carbocycles. The zero-order valence-corrected chi connectivity index (χ0v) is 11.1. The molecule has 97 valence electrons. The molecule has 5 heteroatoms. The highest BCUT2D eigenvalue weighted by atomic mass is 32.1. The van der Waals surface area contributed by atoms with Crippen LogP contribution in [0.15, 0.2) is 18.2 Å². The van der Waals surface area contributed by atoms with Gasteiger partial charge in [0.15, 0.2) is 0 Å². The number of hydrogen-bond acceptors (Lipinski definition) is 2. The van der Waals surface area contributed by atoms with Crippen LogP contribution in [0.1, 0.15) is 31.3 Å². The molecule has 0 amide bonds. The first-order valence-electron chi connectivity index (χ1n) is 5.49. The Morgan fingerprint density at radius 2 is 1.83 bits per heavy atom. The summed E-state index contributed by atoms with van der Waals surface area (Å²) in [4.78, 5) is 4.24. The predicted molar refractivity (Wildman–Crippen MR) is 67.5 cm³/mol. The summed E-state index contributed by atoms with van der Waals surface area (Å²) in [6.07, 6.45) is -2.35. The summed E-state index contributed by atoms with van der Waals surface area (Å²) in [6, 6.07) is 3.68. The molecule has 0 unspecified atom stereocenters. The Bertz CT molecular complexity index is 564. The minimum Gasteiger partial charge on any atom is -0.241 e. The summed E-state index contributed by atoms with van der Waals surface area (Å²) in [5, 5.41) is 0.761. The topological polar surface area (TPSA) is 12.9 Å². The zero-order chi connectivity index (χ0) is 13.6. The minimum atomic E-state index is -4.31. The van der Waals surface area contributed by atoms with Gasteiger partial charge in [0.1, 0.15) is 0 Å². The molecule has 0 aliphatic heterocycles. The number of hydrogen-bond donors (Lipinski definition) is 0. The van der Waals surface area contributed by atoms with E-state index in [-0.39, 0.29) is 5.41 Å². The SMILES string of the molecule is CC(C)(C)[CH]c1nc2cc(C(F)(F)F)ccc2s1. The molecule has 0 aliphatic rings. The van der Waals surface area contributed by atoms with E-state index in [1.165, 1.54) is 17.4 Å². The van der Waals surface area contributed by atoms with E-state index in [2.05, 4.69) is 4.98 Å². The molecule has 0 atom stereocenters. The lowest BCUT2D eigenvalue weighted by atomic mass is 9.93. The largest absolute Gasteiger partial charge is 0.416 e. The fourth-order valence-electron chi connectivity index (χ4n) is 1.55. The average molecular weight is 272 g/mol. The lowest BCUT2D eigenvalue weighted by molar-refractivity contribution is -0.137. The van der Waals surface area contributed by atoms with E-state index >= 15 is 0 Å². The molecule has 0 bridgehead atoms. The molecule has 1 aromatic heterocycles. The predicted octanol–water partition coefficient (Wildman–Crippen LogP) is 4.91. The summed E-state index contributed by atoms with van der Waals surface area (Å²) >= 11 is 1.41. The number of rotatable bonds is 1. The Morgan fingerprint density at radius 1 is 1.17 bits per heavy atom. The number of thiazole rings is 1. The molecular weight excluding hydrogens is 259 g/mol. The Labute approximate surface area is 108 Å². The average Bonchev–Trinajstić information content (AvgIpc) is 2.53. The number of halogens is 3. The first-order valence-corrected chi connectivity index (χ1v) is 6.30. The van der Waals surface area contributed by atoms with Crippen LogP contribution in [0.4, 0.5) is 13.2 Å². The molecule has 2 rings (SSSR count). The summed E-state index contributed by atoms with van der Waals surface area (Å²) in [5.41, 5.74) is -0.284. The highest BCUT2D eigenvalue weighted by Crippen LogP contribution is 2.34. The van der Waals surface area contributed by atoms with Gasteiger partial charge in [0, 0.05) is 6.42 Å². The number of aromatic nitrogens is 1. The third-order valence-electron chi connectivity index (χ3n) is 2.29. The Morgan fingerprint density at radius 3 is 2.39 bits per heavy atom. The molecule has 0 saturated heterocycles. The van der Waals surface area contributed by atoms with Crippen molar-refractivity contribution < 1.29 is 13.2 Å². The van der Waals surface area contributed by atoms with Crippen molar-refractivity contribution in [3.8, 4) is 0 Å². The fraction of sp³-hybridized carbons (Fsp3) is 0.385. The van der Waals surface area contributed by atoms with E-state index in [1.54, 1.807) is 0 Å². The van der Waals surface area contributed by atoms with Crippen LogP contribution in [0.5, 0.6) is 0 Å². The van der Waals surface area contributed by atoms with Gasteiger partial charge in [-0.2, -0.15) is 13.2 Å². The molecule has 2 aromatic rings. The van der Waals surface area contributed by atoms with Crippen LogP contribution < -0.4 is 0 Å². The van der Waals surface area contributed by atoms with Gasteiger partial charge in [0.2, 0.25) is 0 Å². The van der Waals surface area contributed by atoms with E-state index in [0.717, 1.165) is 21.8 Å². The third kappa shape index (κ3) is 3.02. The molecule has 1 radical (unpaired) electrons. The van der Waals surface area contributed by atoms with E-state index in [0.29, 0.717) is 5.52 Å². The van der Waals surface area contributed by atoms with Crippen LogP contribution >= 0.6 is 11.3 Å². The maximum atomic E-state index is 12.6.